The maximum absolute atomic E-state index is 12.9. The first-order valence-corrected chi connectivity index (χ1v) is 32.2. The van der Waals surface area contributed by atoms with Gasteiger partial charge in [-0.3, -0.25) is 14.4 Å². The highest BCUT2D eigenvalue weighted by Crippen LogP contribution is 2.18. The minimum absolute atomic E-state index is 0.0652. The number of esters is 3. The standard InChI is InChI=1S/C65H124O6/c1-4-7-10-13-16-19-22-25-28-30-32-33-34-36-37-40-43-46-49-52-55-58-64(67)70-61-62(60-69-63(66)57-54-51-48-45-42-39-27-24-21-18-15-12-9-6-3)71-65(68)59-56-53-50-47-44-41-38-35-31-29-26-23-20-17-14-11-8-5-2/h29,31,62H,4-28,30,32-61H2,1-3H3/b31-29-. The van der Waals surface area contributed by atoms with Gasteiger partial charge in [0.2, 0.25) is 0 Å². The van der Waals surface area contributed by atoms with Crippen LogP contribution in [0.15, 0.2) is 12.2 Å². The van der Waals surface area contributed by atoms with Crippen LogP contribution in [0.5, 0.6) is 0 Å². The summed E-state index contributed by atoms with van der Waals surface area (Å²) in [6, 6.07) is 0. The lowest BCUT2D eigenvalue weighted by atomic mass is 10.0. The third-order valence-electron chi connectivity index (χ3n) is 14.8. The van der Waals surface area contributed by atoms with E-state index in [1.54, 1.807) is 0 Å². The molecule has 6 heteroatoms. The molecule has 1 unspecified atom stereocenters. The van der Waals surface area contributed by atoms with Gasteiger partial charge in [0.15, 0.2) is 6.10 Å². The Kier molecular flexibility index (Phi) is 59.1. The quantitative estimate of drug-likeness (QED) is 0.0261. The average Bonchev–Trinajstić information content (AvgIpc) is 3.37. The van der Waals surface area contributed by atoms with Crippen LogP contribution in [0.2, 0.25) is 0 Å². The first kappa shape index (κ1) is 69.2. The predicted octanol–water partition coefficient (Wildman–Crippen LogP) is 21.7. The average molecular weight is 1000 g/mol. The van der Waals surface area contributed by atoms with Gasteiger partial charge in [0.25, 0.3) is 0 Å². The van der Waals surface area contributed by atoms with Gasteiger partial charge >= 0.3 is 17.9 Å². The van der Waals surface area contributed by atoms with Crippen molar-refractivity contribution in [1.82, 2.24) is 0 Å². The van der Waals surface area contributed by atoms with Gasteiger partial charge in [-0.25, -0.2) is 0 Å². The van der Waals surface area contributed by atoms with Gasteiger partial charge in [-0.05, 0) is 44.9 Å². The molecule has 0 aromatic carbocycles. The normalized spacial score (nSPS) is 12.0. The molecule has 0 heterocycles. The Morgan fingerprint density at radius 1 is 0.268 bits per heavy atom. The zero-order valence-corrected chi connectivity index (χ0v) is 48.3. The maximum atomic E-state index is 12.9. The molecule has 1 atom stereocenters. The number of unbranched alkanes of at least 4 members (excludes halogenated alkanes) is 47. The van der Waals surface area contributed by atoms with Crippen LogP contribution in [0.1, 0.15) is 367 Å². The first-order chi connectivity index (χ1) is 35.0. The van der Waals surface area contributed by atoms with Crippen LogP contribution in [-0.2, 0) is 28.6 Å². The largest absolute Gasteiger partial charge is 0.462 e. The Balaban J connectivity index is 4.27. The minimum Gasteiger partial charge on any atom is -0.462 e. The number of hydrogen-bond acceptors (Lipinski definition) is 6. The second-order valence-electron chi connectivity index (χ2n) is 22.0. The first-order valence-electron chi connectivity index (χ1n) is 32.2. The molecule has 0 aromatic heterocycles. The Bertz CT molecular complexity index is 1100. The second-order valence-corrected chi connectivity index (χ2v) is 22.0. The van der Waals surface area contributed by atoms with Crippen LogP contribution in [0.3, 0.4) is 0 Å². The number of carbonyl (C=O) groups excluding carboxylic acids is 3. The molecule has 0 radical (unpaired) electrons. The molecular weight excluding hydrogens is 877 g/mol. The lowest BCUT2D eigenvalue weighted by molar-refractivity contribution is -0.167. The van der Waals surface area contributed by atoms with Crippen LogP contribution in [0.4, 0.5) is 0 Å². The third-order valence-corrected chi connectivity index (χ3v) is 14.8. The lowest BCUT2D eigenvalue weighted by Crippen LogP contribution is -2.30. The fourth-order valence-corrected chi connectivity index (χ4v) is 9.91. The van der Waals surface area contributed by atoms with Crippen molar-refractivity contribution in [2.75, 3.05) is 13.2 Å². The summed E-state index contributed by atoms with van der Waals surface area (Å²) in [7, 11) is 0. The smallest absolute Gasteiger partial charge is 0.306 e. The molecule has 0 aromatic rings. The van der Waals surface area contributed by atoms with E-state index in [-0.39, 0.29) is 31.1 Å². The maximum Gasteiger partial charge on any atom is 0.306 e. The number of carbonyl (C=O) groups is 3. The Hall–Kier alpha value is -1.85. The third kappa shape index (κ3) is 58.9. The van der Waals surface area contributed by atoms with Gasteiger partial charge in [-0.2, -0.15) is 0 Å². The SMILES string of the molecule is CCCCCCCCC/C=C\CCCCCCCCCC(=O)OC(COC(=O)CCCCCCCCCCCCCCCC)COC(=O)CCCCCCCCCCCCCCCCCCCCCCC. The fourth-order valence-electron chi connectivity index (χ4n) is 9.91. The molecule has 0 aliphatic carbocycles. The van der Waals surface area contributed by atoms with Crippen LogP contribution in [-0.4, -0.2) is 37.2 Å². The molecule has 0 fully saturated rings. The van der Waals surface area contributed by atoms with Crippen molar-refractivity contribution in [2.45, 2.75) is 374 Å². The summed E-state index contributed by atoms with van der Waals surface area (Å²) in [5.74, 6) is -0.839. The molecule has 0 saturated heterocycles. The summed E-state index contributed by atoms with van der Waals surface area (Å²) in [6.07, 6.45) is 70.7. The van der Waals surface area contributed by atoms with E-state index in [0.29, 0.717) is 19.3 Å². The molecule has 0 aliphatic rings. The summed E-state index contributed by atoms with van der Waals surface area (Å²) >= 11 is 0. The van der Waals surface area contributed by atoms with Crippen molar-refractivity contribution in [3.8, 4) is 0 Å². The summed E-state index contributed by atoms with van der Waals surface area (Å²) in [6.45, 7) is 6.71. The highest BCUT2D eigenvalue weighted by Gasteiger charge is 2.19. The Labute approximate surface area is 443 Å². The minimum atomic E-state index is -0.768. The molecule has 0 aliphatic heterocycles. The zero-order valence-electron chi connectivity index (χ0n) is 48.3. The van der Waals surface area contributed by atoms with Crippen LogP contribution >= 0.6 is 0 Å². The summed E-state index contributed by atoms with van der Waals surface area (Å²) in [5.41, 5.74) is 0. The van der Waals surface area contributed by atoms with Crippen molar-refractivity contribution in [2.24, 2.45) is 0 Å². The molecule has 0 spiro atoms. The fraction of sp³-hybridized carbons (Fsp3) is 0.923. The highest BCUT2D eigenvalue weighted by molar-refractivity contribution is 5.71. The van der Waals surface area contributed by atoms with Gasteiger partial charge < -0.3 is 14.2 Å². The van der Waals surface area contributed by atoms with E-state index in [9.17, 15) is 14.4 Å². The number of rotatable bonds is 60. The molecule has 0 N–H and O–H groups in total. The number of allylic oxidation sites excluding steroid dienone is 2. The molecule has 0 bridgehead atoms. The van der Waals surface area contributed by atoms with E-state index in [2.05, 4.69) is 32.9 Å². The van der Waals surface area contributed by atoms with Gasteiger partial charge in [-0.1, -0.05) is 315 Å². The predicted molar refractivity (Wildman–Crippen MR) is 307 cm³/mol. The van der Waals surface area contributed by atoms with E-state index in [0.717, 1.165) is 57.8 Å². The molecule has 6 nitrogen and oxygen atoms in total. The van der Waals surface area contributed by atoms with Crippen LogP contribution in [0, 0.1) is 0 Å². The molecular formula is C65H124O6. The van der Waals surface area contributed by atoms with Crippen LogP contribution < -0.4 is 0 Å². The van der Waals surface area contributed by atoms with E-state index in [1.165, 1.54) is 270 Å². The zero-order chi connectivity index (χ0) is 51.4. The van der Waals surface area contributed by atoms with Crippen molar-refractivity contribution < 1.29 is 28.6 Å². The van der Waals surface area contributed by atoms with Crippen molar-refractivity contribution >= 4 is 17.9 Å². The summed E-state index contributed by atoms with van der Waals surface area (Å²) in [5, 5.41) is 0. The van der Waals surface area contributed by atoms with E-state index in [1.807, 2.05) is 0 Å². The topological polar surface area (TPSA) is 78.9 Å². The second kappa shape index (κ2) is 60.7. The van der Waals surface area contributed by atoms with Crippen LogP contribution in [0.25, 0.3) is 0 Å². The van der Waals surface area contributed by atoms with E-state index in [4.69, 9.17) is 14.2 Å². The Morgan fingerprint density at radius 3 is 0.704 bits per heavy atom. The van der Waals surface area contributed by atoms with Gasteiger partial charge in [0.05, 0.1) is 0 Å². The Morgan fingerprint density at radius 2 is 0.465 bits per heavy atom. The van der Waals surface area contributed by atoms with Gasteiger partial charge in [0.1, 0.15) is 13.2 Å². The monoisotopic (exact) mass is 1000 g/mol. The lowest BCUT2D eigenvalue weighted by Gasteiger charge is -2.18. The highest BCUT2D eigenvalue weighted by atomic mass is 16.6. The van der Waals surface area contributed by atoms with Crippen molar-refractivity contribution in [1.29, 1.82) is 0 Å². The molecule has 0 rings (SSSR count). The number of ether oxygens (including phenoxy) is 3. The summed E-state index contributed by atoms with van der Waals surface area (Å²) < 4.78 is 16.9. The molecule has 0 amide bonds. The van der Waals surface area contributed by atoms with E-state index < -0.39 is 6.10 Å². The number of hydrogen-bond donors (Lipinski definition) is 0. The van der Waals surface area contributed by atoms with Gasteiger partial charge in [0, 0.05) is 19.3 Å². The van der Waals surface area contributed by atoms with Crippen molar-refractivity contribution in [3.63, 3.8) is 0 Å². The van der Waals surface area contributed by atoms with Crippen molar-refractivity contribution in [3.05, 3.63) is 12.2 Å². The van der Waals surface area contributed by atoms with Gasteiger partial charge in [-0.15, -0.1) is 0 Å². The molecule has 420 valence electrons. The molecule has 71 heavy (non-hydrogen) atoms. The van der Waals surface area contributed by atoms with E-state index >= 15 is 0 Å². The summed E-state index contributed by atoms with van der Waals surface area (Å²) in [4.78, 5) is 38.3. The molecule has 0 saturated carbocycles.